The van der Waals surface area contributed by atoms with Crippen LogP contribution in [0.5, 0.6) is 0 Å². The molecular formula is C10H10BrClN4O. The summed E-state index contributed by atoms with van der Waals surface area (Å²) in [7, 11) is 0. The van der Waals surface area contributed by atoms with Crippen LogP contribution >= 0.6 is 27.5 Å². The van der Waals surface area contributed by atoms with Crippen molar-refractivity contribution in [1.82, 2.24) is 19.5 Å². The molecular weight excluding hydrogens is 307 g/mol. The van der Waals surface area contributed by atoms with Gasteiger partial charge in [0, 0.05) is 6.61 Å². The molecule has 1 aliphatic rings. The minimum atomic E-state index is -0.0194. The van der Waals surface area contributed by atoms with E-state index in [1.54, 1.807) is 6.20 Å². The van der Waals surface area contributed by atoms with Crippen LogP contribution in [0.4, 0.5) is 0 Å². The predicted molar refractivity (Wildman–Crippen MR) is 66.9 cm³/mol. The van der Waals surface area contributed by atoms with Crippen molar-refractivity contribution >= 4 is 38.7 Å². The summed E-state index contributed by atoms with van der Waals surface area (Å²) >= 11 is 9.25. The molecule has 5 nitrogen and oxygen atoms in total. The zero-order valence-corrected chi connectivity index (χ0v) is 11.3. The second kappa shape index (κ2) is 4.51. The largest absolute Gasteiger partial charge is 0.358 e. The normalized spacial score (nSPS) is 20.9. The summed E-state index contributed by atoms with van der Waals surface area (Å²) in [6.45, 7) is 0.773. The number of ether oxygens (including phenoxy) is 1. The van der Waals surface area contributed by atoms with E-state index in [-0.39, 0.29) is 11.5 Å². The van der Waals surface area contributed by atoms with Gasteiger partial charge in [-0.1, -0.05) is 0 Å². The molecule has 1 fully saturated rings. The van der Waals surface area contributed by atoms with Gasteiger partial charge in [0.2, 0.25) is 5.28 Å². The third-order valence-electron chi connectivity index (χ3n) is 2.80. The van der Waals surface area contributed by atoms with E-state index in [4.69, 9.17) is 16.3 Å². The van der Waals surface area contributed by atoms with E-state index in [9.17, 15) is 0 Å². The summed E-state index contributed by atoms with van der Waals surface area (Å²) in [6, 6.07) is 0. The van der Waals surface area contributed by atoms with Crippen LogP contribution in [0.1, 0.15) is 25.5 Å². The summed E-state index contributed by atoms with van der Waals surface area (Å²) < 4.78 is 8.38. The third kappa shape index (κ3) is 2.05. The molecule has 3 rings (SSSR count). The van der Waals surface area contributed by atoms with Crippen molar-refractivity contribution in [2.75, 3.05) is 6.61 Å². The van der Waals surface area contributed by atoms with Crippen LogP contribution in [-0.4, -0.2) is 26.1 Å². The number of halogens is 2. The Balaban J connectivity index is 2.13. The summed E-state index contributed by atoms with van der Waals surface area (Å²) in [6.07, 6.45) is 4.82. The molecule has 1 unspecified atom stereocenters. The lowest BCUT2D eigenvalue weighted by Gasteiger charge is -2.24. The van der Waals surface area contributed by atoms with Crippen molar-refractivity contribution in [2.24, 2.45) is 0 Å². The molecule has 0 N–H and O–H groups in total. The van der Waals surface area contributed by atoms with Crippen LogP contribution in [0.3, 0.4) is 0 Å². The van der Waals surface area contributed by atoms with E-state index >= 15 is 0 Å². The summed E-state index contributed by atoms with van der Waals surface area (Å²) in [5.74, 6) is 0. The molecule has 17 heavy (non-hydrogen) atoms. The molecule has 7 heteroatoms. The lowest BCUT2D eigenvalue weighted by Crippen LogP contribution is -2.18. The summed E-state index contributed by atoms with van der Waals surface area (Å²) in [4.78, 5) is 12.5. The smallest absolute Gasteiger partial charge is 0.224 e. The Bertz CT molecular complexity index is 552. The molecule has 2 aromatic heterocycles. The van der Waals surface area contributed by atoms with Crippen molar-refractivity contribution in [1.29, 1.82) is 0 Å². The summed E-state index contributed by atoms with van der Waals surface area (Å²) in [5.41, 5.74) is 1.43. The van der Waals surface area contributed by atoms with Crippen molar-refractivity contribution in [3.8, 4) is 0 Å². The molecule has 0 aromatic carbocycles. The number of fused-ring (bicyclic) bond motifs is 1. The van der Waals surface area contributed by atoms with E-state index in [0.29, 0.717) is 10.4 Å². The number of rotatable bonds is 1. The van der Waals surface area contributed by atoms with E-state index < -0.39 is 0 Å². The van der Waals surface area contributed by atoms with E-state index in [0.717, 1.165) is 31.4 Å². The minimum Gasteiger partial charge on any atom is -0.358 e. The molecule has 0 amide bonds. The highest BCUT2D eigenvalue weighted by molar-refractivity contribution is 9.10. The molecule has 2 aromatic rings. The standard InChI is InChI=1S/C10H10BrClN4O/c11-9-14-6-5-13-10(12)15-8(6)16(9)7-3-1-2-4-17-7/h5,7H,1-4H2. The van der Waals surface area contributed by atoms with Gasteiger partial charge in [-0.25, -0.2) is 9.97 Å². The van der Waals surface area contributed by atoms with Crippen molar-refractivity contribution in [2.45, 2.75) is 25.5 Å². The van der Waals surface area contributed by atoms with Crippen molar-refractivity contribution < 1.29 is 4.74 Å². The molecule has 1 saturated heterocycles. The average molecular weight is 318 g/mol. The fourth-order valence-electron chi connectivity index (χ4n) is 2.03. The van der Waals surface area contributed by atoms with Gasteiger partial charge in [0.05, 0.1) is 6.20 Å². The quantitative estimate of drug-likeness (QED) is 0.599. The Morgan fingerprint density at radius 3 is 3.06 bits per heavy atom. The zero-order chi connectivity index (χ0) is 11.8. The van der Waals surface area contributed by atoms with Crippen LogP contribution in [-0.2, 0) is 4.74 Å². The lowest BCUT2D eigenvalue weighted by molar-refractivity contribution is -0.0311. The van der Waals surface area contributed by atoms with Gasteiger partial charge in [-0.15, -0.1) is 0 Å². The van der Waals surface area contributed by atoms with E-state index in [1.807, 2.05) is 4.57 Å². The molecule has 0 spiro atoms. The first kappa shape index (κ1) is 11.4. The molecule has 90 valence electrons. The lowest BCUT2D eigenvalue weighted by atomic mass is 10.2. The van der Waals surface area contributed by atoms with Crippen LogP contribution in [0.25, 0.3) is 11.2 Å². The predicted octanol–water partition coefficient (Wildman–Crippen LogP) is 2.94. The number of hydrogen-bond donors (Lipinski definition) is 0. The Labute approximate surface area is 111 Å². The molecule has 0 bridgehead atoms. The number of aromatic nitrogens is 4. The Morgan fingerprint density at radius 1 is 1.41 bits per heavy atom. The van der Waals surface area contributed by atoms with Gasteiger partial charge >= 0.3 is 0 Å². The second-order valence-corrected chi connectivity index (χ2v) is 4.97. The first-order valence-corrected chi connectivity index (χ1v) is 6.60. The first-order valence-electron chi connectivity index (χ1n) is 5.43. The molecule has 0 aliphatic carbocycles. The van der Waals surface area contributed by atoms with Gasteiger partial charge < -0.3 is 4.74 Å². The highest BCUT2D eigenvalue weighted by Crippen LogP contribution is 2.30. The van der Waals surface area contributed by atoms with Crippen LogP contribution in [0.2, 0.25) is 5.28 Å². The minimum absolute atomic E-state index is 0.0194. The Kier molecular flexibility index (Phi) is 3.02. The van der Waals surface area contributed by atoms with Gasteiger partial charge in [-0.3, -0.25) is 4.57 Å². The fraction of sp³-hybridized carbons (Fsp3) is 0.500. The third-order valence-corrected chi connectivity index (χ3v) is 3.55. The van der Waals surface area contributed by atoms with Crippen LogP contribution in [0, 0.1) is 0 Å². The number of hydrogen-bond acceptors (Lipinski definition) is 4. The van der Waals surface area contributed by atoms with Crippen LogP contribution in [0.15, 0.2) is 10.9 Å². The monoisotopic (exact) mass is 316 g/mol. The zero-order valence-electron chi connectivity index (χ0n) is 8.94. The van der Waals surface area contributed by atoms with E-state index in [1.165, 1.54) is 0 Å². The summed E-state index contributed by atoms with van der Waals surface area (Å²) in [5, 5.41) is 0.224. The maximum atomic E-state index is 5.82. The van der Waals surface area contributed by atoms with Gasteiger partial charge in [0.1, 0.15) is 11.7 Å². The number of imidazole rings is 1. The van der Waals surface area contributed by atoms with Gasteiger partial charge in [-0.05, 0) is 46.8 Å². The molecule has 3 heterocycles. The Hall–Kier alpha value is -0.720. The Morgan fingerprint density at radius 2 is 2.29 bits per heavy atom. The molecule has 1 atom stereocenters. The topological polar surface area (TPSA) is 52.8 Å². The second-order valence-electron chi connectivity index (χ2n) is 3.92. The maximum Gasteiger partial charge on any atom is 0.224 e. The van der Waals surface area contributed by atoms with Gasteiger partial charge in [0.25, 0.3) is 0 Å². The van der Waals surface area contributed by atoms with E-state index in [2.05, 4.69) is 30.9 Å². The van der Waals surface area contributed by atoms with Crippen LogP contribution < -0.4 is 0 Å². The van der Waals surface area contributed by atoms with Gasteiger partial charge in [-0.2, -0.15) is 4.98 Å². The van der Waals surface area contributed by atoms with Crippen molar-refractivity contribution in [3.63, 3.8) is 0 Å². The average Bonchev–Trinajstić information content (AvgIpc) is 2.65. The van der Waals surface area contributed by atoms with Gasteiger partial charge in [0.15, 0.2) is 10.4 Å². The first-order chi connectivity index (χ1) is 8.25. The highest BCUT2D eigenvalue weighted by Gasteiger charge is 2.22. The van der Waals surface area contributed by atoms with Crippen molar-refractivity contribution in [3.05, 3.63) is 16.2 Å². The molecule has 0 radical (unpaired) electrons. The molecule has 0 saturated carbocycles. The SMILES string of the molecule is Clc1ncc2nc(Br)n(C3CCCCO3)c2n1. The molecule has 1 aliphatic heterocycles. The fourth-order valence-corrected chi connectivity index (χ4v) is 2.74. The highest BCUT2D eigenvalue weighted by atomic mass is 79.9. The number of nitrogens with zero attached hydrogens (tertiary/aromatic N) is 4. The maximum absolute atomic E-state index is 5.82.